The van der Waals surface area contributed by atoms with Crippen molar-refractivity contribution in [2.75, 3.05) is 0 Å². The van der Waals surface area contributed by atoms with E-state index in [4.69, 9.17) is 4.99 Å². The number of aliphatic hydroxyl groups is 1. The van der Waals surface area contributed by atoms with Crippen molar-refractivity contribution >= 4 is 35.3 Å². The molecule has 0 atom stereocenters. The van der Waals surface area contributed by atoms with Gasteiger partial charge in [-0.15, -0.1) is 0 Å². The third-order valence-corrected chi connectivity index (χ3v) is 9.35. The summed E-state index contributed by atoms with van der Waals surface area (Å²) >= 11 is 0. The Labute approximate surface area is 217 Å². The minimum atomic E-state index is -3.32. The van der Waals surface area contributed by atoms with Gasteiger partial charge in [-0.3, -0.25) is 0 Å². The van der Waals surface area contributed by atoms with E-state index >= 15 is 0 Å². The van der Waals surface area contributed by atoms with E-state index in [1.165, 1.54) is 0 Å². The number of rotatable bonds is 7. The van der Waals surface area contributed by atoms with Crippen molar-refractivity contribution in [1.82, 2.24) is 0 Å². The predicted octanol–water partition coefficient (Wildman–Crippen LogP) is 7.17. The third-order valence-electron chi connectivity index (χ3n) is 5.81. The molecule has 0 aliphatic carbocycles. The number of benzene rings is 3. The van der Waals surface area contributed by atoms with Crippen LogP contribution in [0, 0.1) is 10.8 Å². The molecule has 0 bridgehead atoms. The molecule has 3 aromatic carbocycles. The third kappa shape index (κ3) is 7.26. The zero-order chi connectivity index (χ0) is 26.4. The minimum absolute atomic E-state index is 0.0349. The first-order valence-electron chi connectivity index (χ1n) is 12.5. The Morgan fingerprint density at radius 2 is 1.28 bits per heavy atom. The molecule has 0 saturated carbocycles. The van der Waals surface area contributed by atoms with Gasteiger partial charge in [0.25, 0.3) is 0 Å². The molecule has 0 radical (unpaired) electrons. The van der Waals surface area contributed by atoms with Crippen molar-refractivity contribution in [3.8, 4) is 0 Å². The summed E-state index contributed by atoms with van der Waals surface area (Å²) in [6.45, 7) is 12.7. The fraction of sp³-hybridized carbons (Fsp3) is 0.281. The molecular weight excluding hydrogens is 461 g/mol. The van der Waals surface area contributed by atoms with Crippen LogP contribution in [0.2, 0.25) is 0 Å². The molecule has 0 aliphatic rings. The molecule has 4 heteroatoms. The van der Waals surface area contributed by atoms with Gasteiger partial charge in [-0.1, -0.05) is 0 Å². The Morgan fingerprint density at radius 1 is 0.778 bits per heavy atom. The first-order valence-corrected chi connectivity index (χ1v) is 14.4. The molecule has 0 amide bonds. The van der Waals surface area contributed by atoms with Crippen molar-refractivity contribution in [3.05, 3.63) is 108 Å². The summed E-state index contributed by atoms with van der Waals surface area (Å²) in [5.74, 6) is 0.308. The van der Waals surface area contributed by atoms with Crippen molar-refractivity contribution in [2.45, 2.75) is 48.0 Å². The Morgan fingerprint density at radius 3 is 1.78 bits per heavy atom. The normalized spacial score (nSPS) is 14.3. The number of aliphatic imine (C=N–C) groups is 1. The van der Waals surface area contributed by atoms with Crippen molar-refractivity contribution in [3.63, 3.8) is 0 Å². The molecule has 0 saturated heterocycles. The quantitative estimate of drug-likeness (QED) is 0.156. The summed E-state index contributed by atoms with van der Waals surface area (Å²) in [7, 11) is -3.32. The van der Waals surface area contributed by atoms with Gasteiger partial charge in [-0.25, -0.2) is 0 Å². The van der Waals surface area contributed by atoms with Gasteiger partial charge in [0.15, 0.2) is 0 Å². The Hall–Kier alpha value is -3.00. The van der Waals surface area contributed by atoms with Gasteiger partial charge in [-0.2, -0.15) is 0 Å². The maximum absolute atomic E-state index is 12.4. The Bertz CT molecular complexity index is 1190. The van der Waals surface area contributed by atoms with Crippen molar-refractivity contribution < 1.29 is 10.00 Å². The van der Waals surface area contributed by atoms with E-state index in [-0.39, 0.29) is 10.8 Å². The monoisotopic (exact) mass is 501 g/mol. The first kappa shape index (κ1) is 27.6. The van der Waals surface area contributed by atoms with E-state index in [1.54, 1.807) is 6.21 Å². The topological polar surface area (TPSA) is 52.8 Å². The van der Waals surface area contributed by atoms with Gasteiger partial charge in [0, 0.05) is 0 Å². The van der Waals surface area contributed by atoms with Gasteiger partial charge in [-0.05, 0) is 0 Å². The zero-order valence-corrected chi connectivity index (χ0v) is 23.4. The van der Waals surface area contributed by atoms with Crippen molar-refractivity contribution in [2.24, 2.45) is 15.8 Å². The second-order valence-electron chi connectivity index (χ2n) is 11.6. The van der Waals surface area contributed by atoms with Crippen LogP contribution in [0.15, 0.2) is 113 Å². The second kappa shape index (κ2) is 11.4. The number of para-hydroxylation sites is 1. The number of allylic oxidation sites excluding steroid dienone is 4. The molecule has 3 rings (SSSR count). The summed E-state index contributed by atoms with van der Waals surface area (Å²) in [5.41, 5.74) is 1.28. The molecule has 0 aliphatic heterocycles. The van der Waals surface area contributed by atoms with Gasteiger partial charge >= 0.3 is 218 Å². The molecule has 0 heterocycles. The van der Waals surface area contributed by atoms with Crippen molar-refractivity contribution in [1.29, 1.82) is 0 Å². The van der Waals surface area contributed by atoms with Crippen LogP contribution < -0.4 is 15.9 Å². The van der Waals surface area contributed by atoms with Gasteiger partial charge in [0.1, 0.15) is 0 Å². The summed E-state index contributed by atoms with van der Waals surface area (Å²) in [4.78, 5) is 17.3. The van der Waals surface area contributed by atoms with Crippen LogP contribution in [-0.2, 0) is 0 Å². The summed E-state index contributed by atoms with van der Waals surface area (Å²) in [6, 6.07) is 27.5. The van der Waals surface area contributed by atoms with E-state index in [2.05, 4.69) is 47.6 Å². The molecular formula is C32H40NO2P. The van der Waals surface area contributed by atoms with Crippen LogP contribution in [0.4, 0.5) is 5.69 Å². The summed E-state index contributed by atoms with van der Waals surface area (Å²) in [6.07, 6.45) is 6.30. The van der Waals surface area contributed by atoms with E-state index in [9.17, 15) is 10.00 Å². The average molecular weight is 502 g/mol. The Kier molecular flexibility index (Phi) is 8.71. The van der Waals surface area contributed by atoms with Crippen LogP contribution >= 0.6 is 7.49 Å². The standard InChI is InChI=1S/C32H40NO2P/c1-31(2,3)22-21-25(29(34)23-32(4,5)6)24-33-28-19-13-14-20-30(28)36(35,26-15-9-7-10-16-26)27-17-11-8-12-18-27/h7-22,24,34-36H,23H2,1-6H3/b22-21+,29-25-,33-24+. The fourth-order valence-corrected chi connectivity index (χ4v) is 7.19. The summed E-state index contributed by atoms with van der Waals surface area (Å²) < 4.78 is 0. The van der Waals surface area contributed by atoms with Crippen LogP contribution in [0.25, 0.3) is 0 Å². The molecule has 0 fully saturated rings. The molecule has 2 N–H and O–H groups in total. The van der Waals surface area contributed by atoms with E-state index in [0.717, 1.165) is 15.9 Å². The van der Waals surface area contributed by atoms with E-state index < -0.39 is 7.49 Å². The predicted molar refractivity (Wildman–Crippen MR) is 159 cm³/mol. The van der Waals surface area contributed by atoms with Crippen LogP contribution in [0.1, 0.15) is 48.0 Å². The van der Waals surface area contributed by atoms with Crippen LogP contribution in [0.5, 0.6) is 0 Å². The van der Waals surface area contributed by atoms with Crippen LogP contribution in [0.3, 0.4) is 0 Å². The average Bonchev–Trinajstić information content (AvgIpc) is 2.83. The maximum atomic E-state index is 12.4. The first-order chi connectivity index (χ1) is 16.9. The van der Waals surface area contributed by atoms with E-state index in [1.807, 2.05) is 91.0 Å². The van der Waals surface area contributed by atoms with Crippen LogP contribution in [-0.4, -0.2) is 16.2 Å². The van der Waals surface area contributed by atoms with Gasteiger partial charge < -0.3 is 0 Å². The molecule has 36 heavy (non-hydrogen) atoms. The molecule has 3 aromatic rings. The molecule has 190 valence electrons. The Balaban J connectivity index is 2.16. The summed E-state index contributed by atoms with van der Waals surface area (Å²) in [5, 5.41) is 13.6. The van der Waals surface area contributed by atoms with E-state index in [0.29, 0.717) is 23.4 Å². The van der Waals surface area contributed by atoms with Gasteiger partial charge in [0.05, 0.1) is 0 Å². The van der Waals surface area contributed by atoms with Gasteiger partial charge in [0.2, 0.25) is 0 Å². The number of hydrogen-bond donors (Lipinski definition) is 2. The molecule has 0 unspecified atom stereocenters. The molecule has 0 spiro atoms. The zero-order valence-electron chi connectivity index (χ0n) is 22.4. The number of hydrogen-bond acceptors (Lipinski definition) is 3. The second-order valence-corrected chi connectivity index (χ2v) is 14.7. The molecule has 0 aromatic heterocycles. The SMILES string of the molecule is CC(C)(C)/C=C/C(/C=N/c1ccccc1[PH](O)(c1ccccc1)c1ccccc1)=C(/O)CC(C)(C)C. The molecule has 3 nitrogen and oxygen atoms in total. The number of aliphatic hydroxyl groups excluding tert-OH is 1. The number of nitrogens with zero attached hydrogens (tertiary/aromatic N) is 1. The fourth-order valence-electron chi connectivity index (χ4n) is 4.03.